The van der Waals surface area contributed by atoms with Crippen molar-refractivity contribution in [2.45, 2.75) is 12.8 Å². The van der Waals surface area contributed by atoms with Gasteiger partial charge >= 0.3 is 0 Å². The van der Waals surface area contributed by atoms with E-state index in [1.807, 2.05) is 18.2 Å². The predicted octanol–water partition coefficient (Wildman–Crippen LogP) is 1.83. The van der Waals surface area contributed by atoms with Crippen LogP contribution in [0.5, 0.6) is 0 Å². The number of hydrogen-bond donors (Lipinski definition) is 0. The molecule has 1 heterocycles. The van der Waals surface area contributed by atoms with Gasteiger partial charge in [-0.05, 0) is 24.1 Å². The van der Waals surface area contributed by atoms with Crippen LogP contribution in [0.3, 0.4) is 0 Å². The van der Waals surface area contributed by atoms with Gasteiger partial charge in [0, 0.05) is 24.4 Å². The van der Waals surface area contributed by atoms with Crippen LogP contribution in [-0.2, 0) is 4.79 Å². The number of hydrogen-bond acceptors (Lipinski definition) is 2. The largest absolute Gasteiger partial charge is 0.294 e. The molecule has 2 heteroatoms. The van der Waals surface area contributed by atoms with Crippen LogP contribution in [0.15, 0.2) is 30.6 Å². The van der Waals surface area contributed by atoms with Crippen molar-refractivity contribution >= 4 is 11.4 Å². The van der Waals surface area contributed by atoms with Gasteiger partial charge < -0.3 is 0 Å². The van der Waals surface area contributed by atoms with Crippen molar-refractivity contribution in [2.24, 2.45) is 0 Å². The number of rotatable bonds is 1. The molecule has 2 rings (SSSR count). The van der Waals surface area contributed by atoms with Crippen molar-refractivity contribution in [2.75, 3.05) is 0 Å². The lowest BCUT2D eigenvalue weighted by atomic mass is 10.1. The minimum Gasteiger partial charge on any atom is -0.294 e. The van der Waals surface area contributed by atoms with E-state index < -0.39 is 0 Å². The molecule has 0 fully saturated rings. The van der Waals surface area contributed by atoms with E-state index in [4.69, 9.17) is 0 Å². The fraction of sp³-hybridized carbons (Fsp3) is 0.200. The van der Waals surface area contributed by atoms with Crippen molar-refractivity contribution in [3.8, 4) is 0 Å². The molecule has 60 valence electrons. The molecule has 12 heavy (non-hydrogen) atoms. The van der Waals surface area contributed by atoms with Crippen molar-refractivity contribution in [3.05, 3.63) is 36.2 Å². The Morgan fingerprint density at radius 2 is 2.00 bits per heavy atom. The Balaban J connectivity index is 2.38. The van der Waals surface area contributed by atoms with E-state index >= 15 is 0 Å². The van der Waals surface area contributed by atoms with Crippen molar-refractivity contribution in [3.63, 3.8) is 0 Å². The zero-order valence-corrected chi connectivity index (χ0v) is 6.66. The third-order valence-electron chi connectivity index (χ3n) is 2.01. The van der Waals surface area contributed by atoms with Gasteiger partial charge in [-0.1, -0.05) is 6.08 Å². The average molecular weight is 159 g/mol. The number of pyridine rings is 1. The van der Waals surface area contributed by atoms with Crippen molar-refractivity contribution < 1.29 is 4.79 Å². The second kappa shape index (κ2) is 2.89. The fourth-order valence-electron chi connectivity index (χ4n) is 1.41. The summed E-state index contributed by atoms with van der Waals surface area (Å²) in [6, 6.07) is 3.74. The monoisotopic (exact) mass is 159 g/mol. The summed E-state index contributed by atoms with van der Waals surface area (Å²) in [5.41, 5.74) is 1.85. The summed E-state index contributed by atoms with van der Waals surface area (Å²) in [4.78, 5) is 15.2. The van der Waals surface area contributed by atoms with Crippen LogP contribution in [0.25, 0.3) is 5.57 Å². The maximum atomic E-state index is 11.3. The van der Waals surface area contributed by atoms with Gasteiger partial charge in [-0.25, -0.2) is 0 Å². The molecule has 0 aliphatic heterocycles. The number of carbonyl (C=O) groups excluding carboxylic acids is 1. The molecule has 0 bridgehead atoms. The number of Topliss-reactive ketones (excluding diaryl/α,β-unsaturated/α-hetero) is 1. The first-order valence-electron chi connectivity index (χ1n) is 4.02. The summed E-state index contributed by atoms with van der Waals surface area (Å²) >= 11 is 0. The smallest absolute Gasteiger partial charge is 0.163 e. The maximum Gasteiger partial charge on any atom is 0.163 e. The molecule has 0 saturated carbocycles. The molecule has 0 unspecified atom stereocenters. The number of carbonyl (C=O) groups is 1. The van der Waals surface area contributed by atoms with Crippen LogP contribution in [0.2, 0.25) is 0 Å². The molecule has 0 aromatic carbocycles. The predicted molar refractivity (Wildman–Crippen MR) is 46.5 cm³/mol. The molecular formula is C10H9NO. The lowest BCUT2D eigenvalue weighted by Crippen LogP contribution is -1.94. The molecule has 2 nitrogen and oxygen atoms in total. The highest BCUT2D eigenvalue weighted by atomic mass is 16.1. The molecular weight excluding hydrogens is 150 g/mol. The Morgan fingerprint density at radius 1 is 1.25 bits per heavy atom. The summed E-state index contributed by atoms with van der Waals surface area (Å²) < 4.78 is 0. The number of nitrogens with zero attached hydrogens (tertiary/aromatic N) is 1. The van der Waals surface area contributed by atoms with Crippen LogP contribution >= 0.6 is 0 Å². The molecule has 0 saturated heterocycles. The molecule has 0 atom stereocenters. The Morgan fingerprint density at radius 3 is 2.58 bits per heavy atom. The molecule has 1 aliphatic carbocycles. The van der Waals surface area contributed by atoms with Gasteiger partial charge in [0.05, 0.1) is 0 Å². The second-order valence-corrected chi connectivity index (χ2v) is 2.82. The summed E-state index contributed by atoms with van der Waals surface area (Å²) in [5, 5.41) is 0. The number of aromatic nitrogens is 1. The lowest BCUT2D eigenvalue weighted by molar-refractivity contribution is -0.113. The van der Waals surface area contributed by atoms with Gasteiger partial charge in [-0.3, -0.25) is 9.78 Å². The first kappa shape index (κ1) is 7.22. The van der Waals surface area contributed by atoms with Gasteiger partial charge in [0.1, 0.15) is 0 Å². The normalized spacial score (nSPS) is 16.3. The molecule has 0 amide bonds. The van der Waals surface area contributed by atoms with Crippen LogP contribution in [0, 0.1) is 0 Å². The van der Waals surface area contributed by atoms with E-state index in [0.717, 1.165) is 17.6 Å². The highest BCUT2D eigenvalue weighted by Crippen LogP contribution is 2.23. The Kier molecular flexibility index (Phi) is 1.74. The topological polar surface area (TPSA) is 30.0 Å². The number of ketones is 1. The minimum absolute atomic E-state index is 0.251. The molecule has 0 spiro atoms. The quantitative estimate of drug-likeness (QED) is 0.625. The van der Waals surface area contributed by atoms with Crippen LogP contribution < -0.4 is 0 Å². The van der Waals surface area contributed by atoms with E-state index in [1.165, 1.54) is 0 Å². The van der Waals surface area contributed by atoms with Crippen LogP contribution in [-0.4, -0.2) is 10.8 Å². The third kappa shape index (κ3) is 1.16. The zero-order chi connectivity index (χ0) is 8.39. The minimum atomic E-state index is 0.251. The van der Waals surface area contributed by atoms with E-state index in [-0.39, 0.29) is 5.78 Å². The van der Waals surface area contributed by atoms with Gasteiger partial charge in [0.2, 0.25) is 0 Å². The van der Waals surface area contributed by atoms with Crippen LogP contribution in [0.1, 0.15) is 18.4 Å². The molecule has 1 aromatic heterocycles. The van der Waals surface area contributed by atoms with Crippen molar-refractivity contribution in [1.29, 1.82) is 0 Å². The summed E-state index contributed by atoms with van der Waals surface area (Å²) in [6.45, 7) is 0. The standard InChI is InChI=1S/C10H9NO/c12-10-3-1-2-9(10)8-4-6-11-7-5-8/h2,4-7H,1,3H2. The summed E-state index contributed by atoms with van der Waals surface area (Å²) in [5.74, 6) is 0.251. The van der Waals surface area contributed by atoms with Crippen molar-refractivity contribution in [1.82, 2.24) is 4.98 Å². The van der Waals surface area contributed by atoms with Gasteiger partial charge in [0.15, 0.2) is 5.78 Å². The molecule has 0 N–H and O–H groups in total. The molecule has 1 aliphatic rings. The summed E-state index contributed by atoms with van der Waals surface area (Å²) in [6.07, 6.45) is 6.97. The Labute approximate surface area is 70.9 Å². The first-order chi connectivity index (χ1) is 5.88. The maximum absolute atomic E-state index is 11.3. The number of allylic oxidation sites excluding steroid dienone is 2. The second-order valence-electron chi connectivity index (χ2n) is 2.82. The SMILES string of the molecule is O=C1CCC=C1c1ccncc1. The zero-order valence-electron chi connectivity index (χ0n) is 6.66. The van der Waals surface area contributed by atoms with Crippen LogP contribution in [0.4, 0.5) is 0 Å². The van der Waals surface area contributed by atoms with Gasteiger partial charge in [-0.2, -0.15) is 0 Å². The Bertz CT molecular complexity index is 327. The summed E-state index contributed by atoms with van der Waals surface area (Å²) in [7, 11) is 0. The van der Waals surface area contributed by atoms with E-state index in [2.05, 4.69) is 4.98 Å². The van der Waals surface area contributed by atoms with E-state index in [0.29, 0.717) is 6.42 Å². The average Bonchev–Trinajstić information content (AvgIpc) is 2.53. The van der Waals surface area contributed by atoms with Gasteiger partial charge in [0.25, 0.3) is 0 Å². The Hall–Kier alpha value is -1.44. The third-order valence-corrected chi connectivity index (χ3v) is 2.01. The fourth-order valence-corrected chi connectivity index (χ4v) is 1.41. The first-order valence-corrected chi connectivity index (χ1v) is 4.02. The van der Waals surface area contributed by atoms with E-state index in [1.54, 1.807) is 12.4 Å². The lowest BCUT2D eigenvalue weighted by Gasteiger charge is -1.98. The van der Waals surface area contributed by atoms with E-state index in [9.17, 15) is 4.79 Å². The molecule has 0 radical (unpaired) electrons. The van der Waals surface area contributed by atoms with Gasteiger partial charge in [-0.15, -0.1) is 0 Å². The highest BCUT2D eigenvalue weighted by Gasteiger charge is 2.15. The highest BCUT2D eigenvalue weighted by molar-refractivity contribution is 6.22. The molecule has 1 aromatic rings.